The first-order chi connectivity index (χ1) is 8.83. The lowest BCUT2D eigenvalue weighted by Crippen LogP contribution is -2.27. The smallest absolute Gasteiger partial charge is 0.372 e. The van der Waals surface area contributed by atoms with Crippen molar-refractivity contribution >= 4 is 39.4 Å². The van der Waals surface area contributed by atoms with E-state index >= 15 is 0 Å². The van der Waals surface area contributed by atoms with Gasteiger partial charge in [-0.3, -0.25) is 4.79 Å². The number of nitrogens with one attached hydrogen (secondary N) is 2. The fourth-order valence-corrected chi connectivity index (χ4v) is 2.00. The van der Waals surface area contributed by atoms with E-state index in [1.165, 1.54) is 6.20 Å². The normalized spacial score (nSPS) is 11.2. The van der Waals surface area contributed by atoms with Crippen LogP contribution in [0.4, 0.5) is 19.0 Å². The third kappa shape index (κ3) is 5.68. The molecule has 1 aromatic rings. The number of alkyl halides is 3. The van der Waals surface area contributed by atoms with E-state index in [-0.39, 0.29) is 29.6 Å². The molecule has 0 unspecified atom stereocenters. The molecule has 0 atom stereocenters. The number of carbonyl (C=O) groups excluding carboxylic acids is 1. The number of pyridine rings is 1. The lowest BCUT2D eigenvalue weighted by atomic mass is 10.2. The highest BCUT2D eigenvalue weighted by molar-refractivity contribution is 9.10. The Morgan fingerprint density at radius 2 is 2.21 bits per heavy atom. The van der Waals surface area contributed by atoms with Crippen molar-refractivity contribution < 1.29 is 18.0 Å². The van der Waals surface area contributed by atoms with Crippen molar-refractivity contribution in [3.05, 3.63) is 22.3 Å². The second-order valence-electron chi connectivity index (χ2n) is 3.35. The Morgan fingerprint density at radius 1 is 1.53 bits per heavy atom. The average molecular weight is 358 g/mol. The summed E-state index contributed by atoms with van der Waals surface area (Å²) >= 11 is 3.01. The lowest BCUT2D eigenvalue weighted by Gasteiger charge is -2.10. The van der Waals surface area contributed by atoms with E-state index in [9.17, 15) is 18.0 Å². The van der Waals surface area contributed by atoms with Gasteiger partial charge < -0.3 is 10.6 Å². The van der Waals surface area contributed by atoms with E-state index in [4.69, 9.17) is 0 Å². The molecule has 0 saturated carbocycles. The SMILES string of the molecule is CNc1ncc(Br)cc1C(=O)NCCSC(F)(F)F. The van der Waals surface area contributed by atoms with Crippen LogP contribution in [0.1, 0.15) is 10.4 Å². The van der Waals surface area contributed by atoms with Crippen molar-refractivity contribution in [3.63, 3.8) is 0 Å². The van der Waals surface area contributed by atoms with Crippen molar-refractivity contribution in [1.82, 2.24) is 10.3 Å². The zero-order chi connectivity index (χ0) is 14.5. The first kappa shape index (κ1) is 16.1. The molecule has 0 aliphatic carbocycles. The Morgan fingerprint density at radius 3 is 2.79 bits per heavy atom. The highest BCUT2D eigenvalue weighted by atomic mass is 79.9. The minimum Gasteiger partial charge on any atom is -0.372 e. The van der Waals surface area contributed by atoms with Gasteiger partial charge in [0.05, 0.1) is 5.56 Å². The maximum absolute atomic E-state index is 11.9. The second kappa shape index (κ2) is 6.99. The monoisotopic (exact) mass is 357 g/mol. The summed E-state index contributed by atoms with van der Waals surface area (Å²) < 4.78 is 36.3. The first-order valence-corrected chi connectivity index (χ1v) is 6.93. The van der Waals surface area contributed by atoms with E-state index in [0.29, 0.717) is 10.3 Å². The quantitative estimate of drug-likeness (QED) is 0.795. The Bertz CT molecular complexity index is 456. The molecule has 9 heteroatoms. The van der Waals surface area contributed by atoms with Crippen LogP contribution in [0, 0.1) is 0 Å². The molecule has 19 heavy (non-hydrogen) atoms. The van der Waals surface area contributed by atoms with Crippen molar-refractivity contribution in [1.29, 1.82) is 0 Å². The minimum absolute atomic E-state index is 0.0708. The van der Waals surface area contributed by atoms with Crippen LogP contribution in [0.3, 0.4) is 0 Å². The number of nitrogens with zero attached hydrogens (tertiary/aromatic N) is 1. The van der Waals surface area contributed by atoms with Gasteiger partial charge in [0.1, 0.15) is 5.82 Å². The van der Waals surface area contributed by atoms with Crippen LogP contribution < -0.4 is 10.6 Å². The Kier molecular flexibility index (Phi) is 5.92. The molecule has 0 aliphatic rings. The van der Waals surface area contributed by atoms with Gasteiger partial charge in [0, 0.05) is 30.0 Å². The molecule has 0 aromatic carbocycles. The number of anilines is 1. The summed E-state index contributed by atoms with van der Waals surface area (Å²) in [4.78, 5) is 15.8. The summed E-state index contributed by atoms with van der Waals surface area (Å²) in [6, 6.07) is 1.55. The number of aromatic nitrogens is 1. The van der Waals surface area contributed by atoms with Crippen molar-refractivity contribution in [2.45, 2.75) is 5.51 Å². The van der Waals surface area contributed by atoms with Crippen LogP contribution in [0.5, 0.6) is 0 Å². The maximum Gasteiger partial charge on any atom is 0.441 e. The number of halogens is 4. The Labute approximate surface area is 120 Å². The van der Waals surface area contributed by atoms with Gasteiger partial charge in [0.25, 0.3) is 5.91 Å². The molecule has 1 rings (SSSR count). The van der Waals surface area contributed by atoms with Gasteiger partial charge in [-0.2, -0.15) is 13.2 Å². The maximum atomic E-state index is 11.9. The molecular weight excluding hydrogens is 347 g/mol. The van der Waals surface area contributed by atoms with Gasteiger partial charge in [0.2, 0.25) is 0 Å². The molecule has 0 spiro atoms. The molecule has 1 heterocycles. The summed E-state index contributed by atoms with van der Waals surface area (Å²) in [5, 5.41) is 5.15. The molecule has 0 saturated heterocycles. The Balaban J connectivity index is 2.56. The van der Waals surface area contributed by atoms with Crippen LogP contribution in [-0.4, -0.2) is 35.7 Å². The molecular formula is C10H11BrF3N3OS. The number of hydrogen-bond donors (Lipinski definition) is 2. The molecule has 0 radical (unpaired) electrons. The predicted molar refractivity (Wildman–Crippen MR) is 72.3 cm³/mol. The van der Waals surface area contributed by atoms with Crippen molar-refractivity contribution in [2.24, 2.45) is 0 Å². The van der Waals surface area contributed by atoms with Crippen LogP contribution in [-0.2, 0) is 0 Å². The average Bonchev–Trinajstić information content (AvgIpc) is 2.33. The number of hydrogen-bond acceptors (Lipinski definition) is 4. The van der Waals surface area contributed by atoms with Crippen LogP contribution in [0.15, 0.2) is 16.7 Å². The summed E-state index contributed by atoms with van der Waals surface area (Å²) in [7, 11) is 1.60. The van der Waals surface area contributed by atoms with E-state index in [2.05, 4.69) is 31.5 Å². The van der Waals surface area contributed by atoms with Crippen molar-refractivity contribution in [2.75, 3.05) is 24.7 Å². The van der Waals surface area contributed by atoms with Gasteiger partial charge >= 0.3 is 5.51 Å². The first-order valence-electron chi connectivity index (χ1n) is 5.15. The molecule has 1 amide bonds. The van der Waals surface area contributed by atoms with Crippen molar-refractivity contribution in [3.8, 4) is 0 Å². The number of rotatable bonds is 5. The number of amides is 1. The lowest BCUT2D eigenvalue weighted by molar-refractivity contribution is -0.0327. The topological polar surface area (TPSA) is 54.0 Å². The minimum atomic E-state index is -4.28. The number of carbonyl (C=O) groups is 1. The number of thioether (sulfide) groups is 1. The molecule has 106 valence electrons. The second-order valence-corrected chi connectivity index (χ2v) is 5.43. The highest BCUT2D eigenvalue weighted by Gasteiger charge is 2.27. The van der Waals surface area contributed by atoms with Crippen LogP contribution in [0.25, 0.3) is 0 Å². The predicted octanol–water partition coefficient (Wildman–Crippen LogP) is 2.87. The molecule has 0 bridgehead atoms. The fourth-order valence-electron chi connectivity index (χ4n) is 1.24. The highest BCUT2D eigenvalue weighted by Crippen LogP contribution is 2.29. The van der Waals surface area contributed by atoms with Crippen LogP contribution in [0.2, 0.25) is 0 Å². The summed E-state index contributed by atoms with van der Waals surface area (Å²) in [6.07, 6.45) is 1.52. The molecule has 2 N–H and O–H groups in total. The van der Waals surface area contributed by atoms with E-state index in [1.54, 1.807) is 13.1 Å². The third-order valence-electron chi connectivity index (χ3n) is 1.99. The van der Waals surface area contributed by atoms with Gasteiger partial charge in [-0.15, -0.1) is 0 Å². The molecule has 0 aliphatic heterocycles. The van der Waals surface area contributed by atoms with E-state index < -0.39 is 11.4 Å². The van der Waals surface area contributed by atoms with E-state index in [0.717, 1.165) is 0 Å². The summed E-state index contributed by atoms with van der Waals surface area (Å²) in [6.45, 7) is -0.0708. The zero-order valence-corrected chi connectivity index (χ0v) is 12.2. The summed E-state index contributed by atoms with van der Waals surface area (Å²) in [5.41, 5.74) is -4.01. The molecule has 4 nitrogen and oxygen atoms in total. The largest absolute Gasteiger partial charge is 0.441 e. The zero-order valence-electron chi connectivity index (χ0n) is 9.84. The fraction of sp³-hybridized carbons (Fsp3) is 0.400. The van der Waals surface area contributed by atoms with E-state index in [1.807, 2.05) is 0 Å². The van der Waals surface area contributed by atoms with Crippen LogP contribution >= 0.6 is 27.7 Å². The van der Waals surface area contributed by atoms with Gasteiger partial charge in [0.15, 0.2) is 0 Å². The Hall–Kier alpha value is -0.960. The van der Waals surface area contributed by atoms with Gasteiger partial charge in [-0.05, 0) is 33.8 Å². The molecule has 0 fully saturated rings. The third-order valence-corrected chi connectivity index (χ3v) is 3.16. The van der Waals surface area contributed by atoms with Gasteiger partial charge in [-0.1, -0.05) is 0 Å². The van der Waals surface area contributed by atoms with Gasteiger partial charge in [-0.25, -0.2) is 4.98 Å². The standard InChI is InChI=1S/C10H11BrF3N3OS/c1-15-8-7(4-6(11)5-17-8)9(18)16-2-3-19-10(12,13)14/h4-5H,2-3H2,1H3,(H,15,17)(H,16,18). The summed E-state index contributed by atoms with van der Waals surface area (Å²) in [5.74, 6) is -0.337. The molecule has 1 aromatic heterocycles.